The molecule has 0 spiro atoms. The minimum atomic E-state index is 0.395. The van der Waals surface area contributed by atoms with Crippen molar-refractivity contribution in [1.82, 2.24) is 0 Å². The van der Waals surface area contributed by atoms with Crippen LogP contribution in [-0.4, -0.2) is 13.1 Å². The highest BCUT2D eigenvalue weighted by Gasteiger charge is 2.28. The lowest BCUT2D eigenvalue weighted by Gasteiger charge is -2.33. The normalized spacial score (nSPS) is 18.5. The third-order valence-electron chi connectivity index (χ3n) is 11.6. The van der Waals surface area contributed by atoms with Crippen molar-refractivity contribution in [3.63, 3.8) is 0 Å². The van der Waals surface area contributed by atoms with Crippen LogP contribution in [0, 0.1) is 69.0 Å². The Morgan fingerprint density at radius 1 is 0.367 bits per heavy atom. The highest BCUT2D eigenvalue weighted by atomic mass is 14.6. The smallest absolute Gasteiger partial charge is 0.00488 e. The Morgan fingerprint density at radius 2 is 0.653 bits per heavy atom. The molecule has 0 rings (SSSR count). The van der Waals surface area contributed by atoms with E-state index < -0.39 is 0 Å². The van der Waals surface area contributed by atoms with Gasteiger partial charge in [-0.1, -0.05) is 156 Å². The first kappa shape index (κ1) is 48.9. The Labute approximate surface area is 312 Å². The van der Waals surface area contributed by atoms with Gasteiger partial charge in [0, 0.05) is 0 Å². The van der Waals surface area contributed by atoms with E-state index in [1.807, 2.05) is 0 Å². The summed E-state index contributed by atoms with van der Waals surface area (Å²) in [6.45, 7) is 40.6. The van der Waals surface area contributed by atoms with Crippen molar-refractivity contribution in [3.05, 3.63) is 0 Å². The molecule has 296 valence electrons. The minimum Gasteiger partial charge on any atom is -0.330 e. The molecule has 0 saturated heterocycles. The summed E-state index contributed by atoms with van der Waals surface area (Å²) in [5, 5.41) is 0. The maximum Gasteiger partial charge on any atom is -0.00488 e. The number of rotatable bonds is 26. The van der Waals surface area contributed by atoms with Crippen molar-refractivity contribution in [3.8, 4) is 0 Å². The molecule has 2 nitrogen and oxygen atoms in total. The molecule has 0 aromatic carbocycles. The molecule has 0 radical (unpaired) electrons. The zero-order valence-corrected chi connectivity index (χ0v) is 37.2. The van der Waals surface area contributed by atoms with Gasteiger partial charge in [-0.05, 0) is 146 Å². The molecule has 0 aromatic rings. The van der Waals surface area contributed by atoms with E-state index in [9.17, 15) is 0 Å². The van der Waals surface area contributed by atoms with E-state index in [4.69, 9.17) is 11.5 Å². The van der Waals surface area contributed by atoms with E-state index in [0.29, 0.717) is 33.5 Å². The first-order valence-corrected chi connectivity index (χ1v) is 21.7. The molecule has 49 heavy (non-hydrogen) atoms. The molecule has 0 fully saturated rings. The summed E-state index contributed by atoms with van der Waals surface area (Å²) < 4.78 is 0. The van der Waals surface area contributed by atoms with Crippen LogP contribution in [-0.2, 0) is 0 Å². The summed E-state index contributed by atoms with van der Waals surface area (Å²) in [6.07, 6.45) is 22.9. The molecule has 0 aromatic heterocycles. The van der Waals surface area contributed by atoms with Crippen LogP contribution in [0.5, 0.6) is 0 Å². The lowest BCUT2D eigenvalue weighted by Crippen LogP contribution is -2.25. The Balaban J connectivity index is 4.91. The van der Waals surface area contributed by atoms with E-state index in [1.54, 1.807) is 0 Å². The van der Waals surface area contributed by atoms with Gasteiger partial charge in [0.15, 0.2) is 0 Å². The van der Waals surface area contributed by atoms with Gasteiger partial charge in [-0.15, -0.1) is 0 Å². The molecule has 2 heteroatoms. The average molecular weight is 691 g/mol. The molecule has 0 heterocycles. The number of hydrogen-bond acceptors (Lipinski definition) is 2. The highest BCUT2D eigenvalue weighted by Crippen LogP contribution is 2.39. The van der Waals surface area contributed by atoms with Gasteiger partial charge in [-0.2, -0.15) is 0 Å². The number of unbranched alkanes of at least 4 members (excludes halogenated alkanes) is 4. The van der Waals surface area contributed by atoms with Crippen LogP contribution in [0.1, 0.15) is 220 Å². The van der Waals surface area contributed by atoms with Crippen molar-refractivity contribution in [2.45, 2.75) is 220 Å². The van der Waals surface area contributed by atoms with Gasteiger partial charge in [-0.25, -0.2) is 0 Å². The molecule has 8 atom stereocenters. The van der Waals surface area contributed by atoms with Crippen LogP contribution in [0.3, 0.4) is 0 Å². The molecule has 0 amide bonds. The monoisotopic (exact) mass is 691 g/mol. The molecule has 0 aliphatic heterocycles. The van der Waals surface area contributed by atoms with E-state index in [2.05, 4.69) is 111 Å². The molecular weight excluding hydrogens is 593 g/mol. The van der Waals surface area contributed by atoms with Crippen molar-refractivity contribution >= 4 is 0 Å². The van der Waals surface area contributed by atoms with Crippen molar-refractivity contribution in [2.75, 3.05) is 13.1 Å². The van der Waals surface area contributed by atoms with E-state index >= 15 is 0 Å². The second-order valence-corrected chi connectivity index (χ2v) is 22.9. The second-order valence-electron chi connectivity index (χ2n) is 22.9. The lowest BCUT2D eigenvalue weighted by molar-refractivity contribution is 0.180. The molecule has 0 saturated carbocycles. The fraction of sp³-hybridized carbons (Fsp3) is 1.00. The van der Waals surface area contributed by atoms with Crippen molar-refractivity contribution in [1.29, 1.82) is 0 Å². The van der Waals surface area contributed by atoms with Crippen LogP contribution < -0.4 is 11.5 Å². The summed E-state index contributed by atoms with van der Waals surface area (Å²) in [6, 6.07) is 0. The van der Waals surface area contributed by atoms with Crippen LogP contribution in [0.4, 0.5) is 0 Å². The first-order chi connectivity index (χ1) is 22.3. The van der Waals surface area contributed by atoms with Crippen LogP contribution >= 0.6 is 0 Å². The van der Waals surface area contributed by atoms with Crippen LogP contribution in [0.25, 0.3) is 0 Å². The van der Waals surface area contributed by atoms with Crippen LogP contribution in [0.15, 0.2) is 0 Å². The van der Waals surface area contributed by atoms with Crippen molar-refractivity contribution in [2.24, 2.45) is 80.5 Å². The Hall–Kier alpha value is -0.0800. The van der Waals surface area contributed by atoms with E-state index in [0.717, 1.165) is 48.6 Å². The fourth-order valence-electron chi connectivity index (χ4n) is 9.74. The molecule has 8 unspecified atom stereocenters. The van der Waals surface area contributed by atoms with Gasteiger partial charge in [0.05, 0.1) is 0 Å². The van der Waals surface area contributed by atoms with Gasteiger partial charge in [-0.3, -0.25) is 0 Å². The van der Waals surface area contributed by atoms with E-state index in [1.165, 1.54) is 109 Å². The highest BCUT2D eigenvalue weighted by molar-refractivity contribution is 4.80. The van der Waals surface area contributed by atoms with Gasteiger partial charge in [0.25, 0.3) is 0 Å². The summed E-state index contributed by atoms with van der Waals surface area (Å²) >= 11 is 0. The third-order valence-corrected chi connectivity index (χ3v) is 11.6. The Morgan fingerprint density at radius 3 is 0.918 bits per heavy atom. The fourth-order valence-corrected chi connectivity index (χ4v) is 9.74. The molecule has 0 aliphatic rings. The van der Waals surface area contributed by atoms with Gasteiger partial charge >= 0.3 is 0 Å². The van der Waals surface area contributed by atoms with Crippen LogP contribution in [0.2, 0.25) is 0 Å². The topological polar surface area (TPSA) is 52.0 Å². The molecule has 0 aliphatic carbocycles. The predicted molar refractivity (Wildman–Crippen MR) is 225 cm³/mol. The number of hydrogen-bond donors (Lipinski definition) is 2. The summed E-state index contributed by atoms with van der Waals surface area (Å²) in [7, 11) is 0. The second kappa shape index (κ2) is 23.6. The summed E-state index contributed by atoms with van der Waals surface area (Å²) in [5.74, 6) is 6.14. The quantitative estimate of drug-likeness (QED) is 0.0888. The molecule has 4 N–H and O–H groups in total. The first-order valence-electron chi connectivity index (χ1n) is 21.7. The van der Waals surface area contributed by atoms with E-state index in [-0.39, 0.29) is 0 Å². The average Bonchev–Trinajstić information content (AvgIpc) is 2.90. The SMILES string of the molecule is CC(CCC(CC(CN)CCCCCCCC(CN)CC(CCC(C)CC(C)(C)C)C(C)CC(C)(C)C)C(C)CC(C)(C)C)CC(C)(C)C. The van der Waals surface area contributed by atoms with Gasteiger partial charge in [0.2, 0.25) is 0 Å². The predicted octanol–water partition coefficient (Wildman–Crippen LogP) is 14.7. The molecular formula is C47H98N2. The minimum absolute atomic E-state index is 0.395. The van der Waals surface area contributed by atoms with Crippen molar-refractivity contribution < 1.29 is 0 Å². The summed E-state index contributed by atoms with van der Waals surface area (Å²) in [5.41, 5.74) is 14.5. The van der Waals surface area contributed by atoms with Gasteiger partial charge in [0.1, 0.15) is 0 Å². The Bertz CT molecular complexity index is 721. The molecule has 0 bridgehead atoms. The lowest BCUT2D eigenvalue weighted by atomic mass is 9.73. The van der Waals surface area contributed by atoms with Gasteiger partial charge < -0.3 is 11.5 Å². The number of nitrogens with two attached hydrogens (primary N) is 2. The Kier molecular flexibility index (Phi) is 23.5. The maximum absolute atomic E-state index is 6.45. The maximum atomic E-state index is 6.45. The third kappa shape index (κ3) is 28.1. The standard InChI is InChI=1S/C47H98N2/c1-36(30-44(5,6)7)24-26-42(38(3)32-46(11,12)13)28-40(34-48)22-20-18-17-19-21-23-41(35-49)29-43(39(4)33-47(14,15)16)27-25-37(2)31-45(8,9)10/h36-43H,17-35,48-49H2,1-16H3. The zero-order chi connectivity index (χ0) is 38.1. The largest absolute Gasteiger partial charge is 0.330 e. The zero-order valence-electron chi connectivity index (χ0n) is 37.2. The summed E-state index contributed by atoms with van der Waals surface area (Å²) in [4.78, 5) is 0.